The van der Waals surface area contributed by atoms with Gasteiger partial charge < -0.3 is 14.8 Å². The van der Waals surface area contributed by atoms with E-state index in [1.807, 2.05) is 24.3 Å². The number of pyridine rings is 1. The molecule has 0 radical (unpaired) electrons. The number of hydrogen-bond donors (Lipinski definition) is 0. The van der Waals surface area contributed by atoms with Crippen LogP contribution in [0.2, 0.25) is 0 Å². The van der Waals surface area contributed by atoms with Gasteiger partial charge in [0.15, 0.2) is 0 Å². The summed E-state index contributed by atoms with van der Waals surface area (Å²) in [6.07, 6.45) is 1.34. The number of carboxylic acid groups (broad SMARTS) is 1. The number of aromatic nitrogens is 1. The number of carbonyl (C=O) groups excluding carboxylic acids is 1. The fourth-order valence-corrected chi connectivity index (χ4v) is 1.76. The zero-order valence-corrected chi connectivity index (χ0v) is 12.1. The Kier molecular flexibility index (Phi) is 4.51. The van der Waals surface area contributed by atoms with Gasteiger partial charge >= 0.3 is 29.6 Å². The molecule has 0 amide bonds. The summed E-state index contributed by atoms with van der Waals surface area (Å²) >= 11 is 0. The van der Waals surface area contributed by atoms with E-state index < -0.39 is 5.97 Å². The molecule has 2 rings (SSSR count). The van der Waals surface area contributed by atoms with Gasteiger partial charge in [-0.15, -0.1) is 0 Å². The molecule has 0 aliphatic carbocycles. The number of nitrogens with zero attached hydrogens (tertiary/aromatic N) is 2. The first-order chi connectivity index (χ1) is 7.61. The minimum absolute atomic E-state index is 0. The van der Waals surface area contributed by atoms with E-state index in [0.717, 1.165) is 10.9 Å². The number of anilines is 1. The SMILES string of the molecule is CN(C)c1c(C(=O)[O-])cnc2ccccc12.[Na+]. The van der Waals surface area contributed by atoms with Crippen molar-refractivity contribution in [3.8, 4) is 0 Å². The molecule has 0 unspecified atom stereocenters. The van der Waals surface area contributed by atoms with Gasteiger partial charge in [-0.3, -0.25) is 4.98 Å². The topological polar surface area (TPSA) is 56.3 Å². The number of aromatic carboxylic acids is 1. The van der Waals surface area contributed by atoms with Gasteiger partial charge in [0, 0.05) is 31.2 Å². The van der Waals surface area contributed by atoms with E-state index in [4.69, 9.17) is 0 Å². The van der Waals surface area contributed by atoms with Crippen LogP contribution in [0.4, 0.5) is 5.69 Å². The van der Waals surface area contributed by atoms with Crippen molar-refractivity contribution in [2.24, 2.45) is 0 Å². The van der Waals surface area contributed by atoms with Gasteiger partial charge in [-0.25, -0.2) is 0 Å². The quantitative estimate of drug-likeness (QED) is 0.551. The molecule has 0 atom stereocenters. The molecular formula is C12H11N2NaO2. The standard InChI is InChI=1S/C12H12N2O2.Na/c1-14(2)11-8-5-3-4-6-10(8)13-7-9(11)12(15)16;/h3-7H,1-2H3,(H,15,16);/q;+1/p-1. The molecule has 82 valence electrons. The third kappa shape index (κ3) is 2.60. The zero-order valence-electron chi connectivity index (χ0n) is 10.1. The maximum absolute atomic E-state index is 11.0. The first kappa shape index (κ1) is 14.0. The predicted octanol–water partition coefficient (Wildman–Crippen LogP) is -2.33. The number of carboxylic acids is 1. The summed E-state index contributed by atoms with van der Waals surface area (Å²) in [7, 11) is 3.60. The first-order valence-corrected chi connectivity index (χ1v) is 4.87. The molecule has 1 aromatic carbocycles. The Morgan fingerprint density at radius 3 is 2.53 bits per heavy atom. The molecule has 5 heteroatoms. The Labute approximate surface area is 122 Å². The number of carbonyl (C=O) groups is 1. The van der Waals surface area contributed by atoms with Crippen molar-refractivity contribution in [1.82, 2.24) is 4.98 Å². The van der Waals surface area contributed by atoms with Gasteiger partial charge in [-0.2, -0.15) is 0 Å². The van der Waals surface area contributed by atoms with E-state index in [2.05, 4.69) is 4.98 Å². The van der Waals surface area contributed by atoms with Crippen LogP contribution in [0.3, 0.4) is 0 Å². The van der Waals surface area contributed by atoms with Crippen molar-refractivity contribution >= 4 is 22.6 Å². The van der Waals surface area contributed by atoms with Crippen LogP contribution in [0.25, 0.3) is 10.9 Å². The fraction of sp³-hybridized carbons (Fsp3) is 0.167. The van der Waals surface area contributed by atoms with Crippen molar-refractivity contribution in [2.75, 3.05) is 19.0 Å². The monoisotopic (exact) mass is 238 g/mol. The number of benzene rings is 1. The molecule has 0 spiro atoms. The van der Waals surface area contributed by atoms with Crippen molar-refractivity contribution in [2.45, 2.75) is 0 Å². The second-order valence-electron chi connectivity index (χ2n) is 3.72. The van der Waals surface area contributed by atoms with E-state index in [9.17, 15) is 9.90 Å². The van der Waals surface area contributed by atoms with Crippen LogP contribution in [0.1, 0.15) is 10.4 Å². The van der Waals surface area contributed by atoms with Crippen LogP contribution in [0.5, 0.6) is 0 Å². The Morgan fingerprint density at radius 1 is 1.29 bits per heavy atom. The summed E-state index contributed by atoms with van der Waals surface area (Å²) in [5, 5.41) is 11.8. The van der Waals surface area contributed by atoms with Crippen LogP contribution in [0.15, 0.2) is 30.5 Å². The predicted molar refractivity (Wildman–Crippen MR) is 60.4 cm³/mol. The van der Waals surface area contributed by atoms with Crippen LogP contribution < -0.4 is 39.6 Å². The Balaban J connectivity index is 0.00000144. The maximum Gasteiger partial charge on any atom is 1.00 e. The fourth-order valence-electron chi connectivity index (χ4n) is 1.76. The molecule has 17 heavy (non-hydrogen) atoms. The van der Waals surface area contributed by atoms with Gasteiger partial charge in [0.05, 0.1) is 17.2 Å². The largest absolute Gasteiger partial charge is 1.00 e. The number of fused-ring (bicyclic) bond motifs is 1. The van der Waals surface area contributed by atoms with E-state index in [-0.39, 0.29) is 35.1 Å². The second-order valence-corrected chi connectivity index (χ2v) is 3.72. The third-order valence-electron chi connectivity index (χ3n) is 2.41. The van der Waals surface area contributed by atoms with E-state index in [1.165, 1.54) is 6.20 Å². The normalized spacial score (nSPS) is 9.76. The molecule has 0 N–H and O–H groups in total. The maximum atomic E-state index is 11.0. The molecule has 0 aliphatic heterocycles. The summed E-state index contributed by atoms with van der Waals surface area (Å²) in [6, 6.07) is 7.43. The zero-order chi connectivity index (χ0) is 11.7. The van der Waals surface area contributed by atoms with Crippen molar-refractivity contribution in [3.63, 3.8) is 0 Å². The molecule has 0 aliphatic rings. The molecular weight excluding hydrogens is 227 g/mol. The van der Waals surface area contributed by atoms with Gasteiger partial charge in [0.2, 0.25) is 0 Å². The summed E-state index contributed by atoms with van der Waals surface area (Å²) in [5.74, 6) is -1.21. The summed E-state index contributed by atoms with van der Waals surface area (Å²) in [6.45, 7) is 0. The molecule has 2 aromatic rings. The summed E-state index contributed by atoms with van der Waals surface area (Å²) < 4.78 is 0. The Morgan fingerprint density at radius 2 is 1.94 bits per heavy atom. The summed E-state index contributed by atoms with van der Waals surface area (Å²) in [5.41, 5.74) is 1.52. The van der Waals surface area contributed by atoms with Gasteiger partial charge in [-0.1, -0.05) is 18.2 Å². The molecule has 0 bridgehead atoms. The van der Waals surface area contributed by atoms with Crippen LogP contribution in [-0.4, -0.2) is 25.0 Å². The number of para-hydroxylation sites is 1. The van der Waals surface area contributed by atoms with Crippen LogP contribution in [0, 0.1) is 0 Å². The van der Waals surface area contributed by atoms with Gasteiger partial charge in [-0.05, 0) is 6.07 Å². The first-order valence-electron chi connectivity index (χ1n) is 4.87. The van der Waals surface area contributed by atoms with E-state index >= 15 is 0 Å². The second kappa shape index (κ2) is 5.49. The van der Waals surface area contributed by atoms with Gasteiger partial charge in [0.25, 0.3) is 0 Å². The minimum atomic E-state index is -1.21. The molecule has 1 heterocycles. The molecule has 0 saturated carbocycles. The minimum Gasteiger partial charge on any atom is -0.545 e. The van der Waals surface area contributed by atoms with E-state index in [1.54, 1.807) is 19.0 Å². The summed E-state index contributed by atoms with van der Waals surface area (Å²) in [4.78, 5) is 16.8. The van der Waals surface area contributed by atoms with Crippen LogP contribution >= 0.6 is 0 Å². The number of hydrogen-bond acceptors (Lipinski definition) is 4. The average molecular weight is 238 g/mol. The van der Waals surface area contributed by atoms with E-state index in [0.29, 0.717) is 5.69 Å². The van der Waals surface area contributed by atoms with Crippen molar-refractivity contribution < 1.29 is 39.5 Å². The molecule has 0 saturated heterocycles. The number of rotatable bonds is 2. The molecule has 0 fully saturated rings. The molecule has 1 aromatic heterocycles. The average Bonchev–Trinajstić information content (AvgIpc) is 2.27. The van der Waals surface area contributed by atoms with Crippen LogP contribution in [-0.2, 0) is 0 Å². The third-order valence-corrected chi connectivity index (χ3v) is 2.41. The molecule has 4 nitrogen and oxygen atoms in total. The smallest absolute Gasteiger partial charge is 0.545 e. The van der Waals surface area contributed by atoms with Crippen molar-refractivity contribution in [1.29, 1.82) is 0 Å². The Bertz CT molecular complexity index is 555. The van der Waals surface area contributed by atoms with Crippen molar-refractivity contribution in [3.05, 3.63) is 36.0 Å². The van der Waals surface area contributed by atoms with Gasteiger partial charge in [0.1, 0.15) is 0 Å². The Hall–Kier alpha value is -1.10.